The topological polar surface area (TPSA) is 0 Å². The summed E-state index contributed by atoms with van der Waals surface area (Å²) in [6.07, 6.45) is 0. The molecule has 0 aromatic heterocycles. The van der Waals surface area contributed by atoms with Crippen LogP contribution in [0.3, 0.4) is 0 Å². The molecule has 0 spiro atoms. The predicted octanol–water partition coefficient (Wildman–Crippen LogP) is 8.07. The molecule has 0 N–H and O–H groups in total. The molecule has 0 fully saturated rings. The third kappa shape index (κ3) is 1.31. The Labute approximate surface area is 160 Å². The van der Waals surface area contributed by atoms with Crippen molar-refractivity contribution in [2.75, 3.05) is 0 Å². The van der Waals surface area contributed by atoms with Gasteiger partial charge in [-0.1, -0.05) is 78.9 Å². The van der Waals surface area contributed by atoms with Crippen molar-refractivity contribution in [2.45, 2.75) is 0 Å². The van der Waals surface area contributed by atoms with Gasteiger partial charge in [0.15, 0.2) is 0 Å². The van der Waals surface area contributed by atoms with Crippen LogP contribution >= 0.6 is 0 Å². The molecule has 0 saturated carbocycles. The van der Waals surface area contributed by atoms with E-state index < -0.39 is 0 Å². The van der Waals surface area contributed by atoms with Crippen LogP contribution in [0.25, 0.3) is 75.4 Å². The van der Waals surface area contributed by atoms with Crippen LogP contribution in [0.5, 0.6) is 0 Å². The van der Waals surface area contributed by atoms with Crippen molar-refractivity contribution in [3.8, 4) is 0 Å². The Bertz CT molecular complexity index is 1720. The van der Waals surface area contributed by atoms with Crippen LogP contribution in [0.2, 0.25) is 0 Å². The maximum atomic E-state index is 2.39. The van der Waals surface area contributed by atoms with Gasteiger partial charge in [-0.05, 0) is 81.5 Å². The molecule has 0 aliphatic heterocycles. The van der Waals surface area contributed by atoms with Gasteiger partial charge in [-0.25, -0.2) is 0 Å². The molecule has 0 unspecified atom stereocenters. The highest BCUT2D eigenvalue weighted by Crippen LogP contribution is 2.50. The van der Waals surface area contributed by atoms with E-state index in [1.165, 1.54) is 75.4 Å². The quantitative estimate of drug-likeness (QED) is 0.191. The molecule has 0 aliphatic carbocycles. The lowest BCUT2D eigenvalue weighted by Crippen LogP contribution is -1.93. The number of hydrogen-bond acceptors (Lipinski definition) is 0. The molecular formula is C28H14. The van der Waals surface area contributed by atoms with Gasteiger partial charge in [0, 0.05) is 0 Å². The van der Waals surface area contributed by atoms with Crippen molar-refractivity contribution in [1.29, 1.82) is 0 Å². The standard InChI is InChI=1S/C28H14/c1-4-15-10-12-17-14-18-13-11-16-5-2-7-20-22-9-3-8-21-19(6-1)23(15)25(17)28(27(21)22)26(18)24(16)20/h1-14H. The summed E-state index contributed by atoms with van der Waals surface area (Å²) in [5.41, 5.74) is 0. The summed E-state index contributed by atoms with van der Waals surface area (Å²) in [5.74, 6) is 0. The summed E-state index contributed by atoms with van der Waals surface area (Å²) in [6, 6.07) is 31.9. The molecule has 0 atom stereocenters. The first-order chi connectivity index (χ1) is 13.9. The van der Waals surface area contributed by atoms with Crippen molar-refractivity contribution in [2.24, 2.45) is 0 Å². The molecule has 126 valence electrons. The Balaban J connectivity index is 1.96. The average molecular weight is 350 g/mol. The monoisotopic (exact) mass is 350 g/mol. The molecule has 0 radical (unpaired) electrons. The van der Waals surface area contributed by atoms with Crippen LogP contribution in [0, 0.1) is 0 Å². The fraction of sp³-hybridized carbons (Fsp3) is 0. The summed E-state index contributed by atoms with van der Waals surface area (Å²) < 4.78 is 0. The van der Waals surface area contributed by atoms with Crippen LogP contribution in [0.4, 0.5) is 0 Å². The molecule has 0 aliphatic rings. The first-order valence-electron chi connectivity index (χ1n) is 9.88. The second-order valence-electron chi connectivity index (χ2n) is 8.11. The van der Waals surface area contributed by atoms with E-state index in [9.17, 15) is 0 Å². The zero-order valence-electron chi connectivity index (χ0n) is 15.1. The highest BCUT2D eigenvalue weighted by molar-refractivity contribution is 6.47. The number of benzene rings is 8. The van der Waals surface area contributed by atoms with E-state index >= 15 is 0 Å². The Kier molecular flexibility index (Phi) is 2.06. The molecule has 8 rings (SSSR count). The van der Waals surface area contributed by atoms with Gasteiger partial charge >= 0.3 is 0 Å². The average Bonchev–Trinajstić information content (AvgIpc) is 2.76. The second-order valence-corrected chi connectivity index (χ2v) is 8.11. The summed E-state index contributed by atoms with van der Waals surface area (Å²) >= 11 is 0. The predicted molar refractivity (Wildman–Crippen MR) is 123 cm³/mol. The third-order valence-corrected chi connectivity index (χ3v) is 6.86. The SMILES string of the molecule is c1cc2ccc3cc4ccc5cccc6c7cccc8c(c1)c2c3c(c87)c4c56. The number of rotatable bonds is 0. The van der Waals surface area contributed by atoms with E-state index in [2.05, 4.69) is 84.9 Å². The molecule has 0 bridgehead atoms. The molecule has 8 aromatic carbocycles. The van der Waals surface area contributed by atoms with Crippen LogP contribution in [0.1, 0.15) is 0 Å². The Morgan fingerprint density at radius 2 is 0.714 bits per heavy atom. The van der Waals surface area contributed by atoms with Crippen LogP contribution in [-0.2, 0) is 0 Å². The van der Waals surface area contributed by atoms with E-state index in [4.69, 9.17) is 0 Å². The van der Waals surface area contributed by atoms with Gasteiger partial charge in [0.1, 0.15) is 0 Å². The molecule has 28 heavy (non-hydrogen) atoms. The minimum absolute atomic E-state index is 1.34. The zero-order valence-corrected chi connectivity index (χ0v) is 15.1. The minimum atomic E-state index is 1.34. The molecule has 0 nitrogen and oxygen atoms in total. The zero-order chi connectivity index (χ0) is 18.0. The van der Waals surface area contributed by atoms with Crippen molar-refractivity contribution >= 4 is 75.4 Å². The fourth-order valence-corrected chi connectivity index (χ4v) is 5.83. The van der Waals surface area contributed by atoms with E-state index in [0.717, 1.165) is 0 Å². The third-order valence-electron chi connectivity index (χ3n) is 6.86. The normalized spacial score (nSPS) is 13.0. The maximum absolute atomic E-state index is 2.39. The molecule has 8 aromatic rings. The number of fused-ring (bicyclic) bond motifs is 2. The Morgan fingerprint density at radius 1 is 0.286 bits per heavy atom. The van der Waals surface area contributed by atoms with Crippen LogP contribution < -0.4 is 0 Å². The lowest BCUT2D eigenvalue weighted by molar-refractivity contribution is 1.80. The number of hydrogen-bond donors (Lipinski definition) is 0. The highest BCUT2D eigenvalue weighted by Gasteiger charge is 2.21. The van der Waals surface area contributed by atoms with Gasteiger partial charge in [0.2, 0.25) is 0 Å². The Morgan fingerprint density at radius 3 is 1.25 bits per heavy atom. The van der Waals surface area contributed by atoms with Gasteiger partial charge < -0.3 is 0 Å². The van der Waals surface area contributed by atoms with Crippen LogP contribution in [-0.4, -0.2) is 0 Å². The fourth-order valence-electron chi connectivity index (χ4n) is 5.83. The molecule has 0 heterocycles. The summed E-state index contributed by atoms with van der Waals surface area (Å²) in [5, 5.41) is 19.4. The summed E-state index contributed by atoms with van der Waals surface area (Å²) in [6.45, 7) is 0. The van der Waals surface area contributed by atoms with Crippen LogP contribution in [0.15, 0.2) is 84.9 Å². The van der Waals surface area contributed by atoms with Gasteiger partial charge in [0.05, 0.1) is 0 Å². The minimum Gasteiger partial charge on any atom is -0.0610 e. The summed E-state index contributed by atoms with van der Waals surface area (Å²) in [7, 11) is 0. The van der Waals surface area contributed by atoms with Gasteiger partial charge in [-0.3, -0.25) is 0 Å². The molecule has 0 heteroatoms. The van der Waals surface area contributed by atoms with Crippen molar-refractivity contribution in [3.05, 3.63) is 84.9 Å². The molecule has 0 amide bonds. The largest absolute Gasteiger partial charge is 0.0610 e. The Hall–Kier alpha value is -3.64. The lowest BCUT2D eigenvalue weighted by Gasteiger charge is -2.21. The van der Waals surface area contributed by atoms with Crippen molar-refractivity contribution < 1.29 is 0 Å². The molecular weight excluding hydrogens is 336 g/mol. The van der Waals surface area contributed by atoms with E-state index in [1.54, 1.807) is 0 Å². The first-order valence-corrected chi connectivity index (χ1v) is 9.88. The highest BCUT2D eigenvalue weighted by atomic mass is 14.2. The van der Waals surface area contributed by atoms with E-state index in [1.807, 2.05) is 0 Å². The lowest BCUT2D eigenvalue weighted by atomic mass is 9.81. The maximum Gasteiger partial charge on any atom is -0.000138 e. The first kappa shape index (κ1) is 13.5. The van der Waals surface area contributed by atoms with E-state index in [0.29, 0.717) is 0 Å². The van der Waals surface area contributed by atoms with Gasteiger partial charge in [-0.2, -0.15) is 0 Å². The summed E-state index contributed by atoms with van der Waals surface area (Å²) in [4.78, 5) is 0. The second kappa shape index (κ2) is 4.26. The smallest absolute Gasteiger partial charge is 0.000138 e. The van der Waals surface area contributed by atoms with Crippen molar-refractivity contribution in [1.82, 2.24) is 0 Å². The van der Waals surface area contributed by atoms with Crippen molar-refractivity contribution in [3.63, 3.8) is 0 Å². The van der Waals surface area contributed by atoms with E-state index in [-0.39, 0.29) is 0 Å². The van der Waals surface area contributed by atoms with Gasteiger partial charge in [-0.15, -0.1) is 0 Å². The molecule has 0 saturated heterocycles. The van der Waals surface area contributed by atoms with Gasteiger partial charge in [0.25, 0.3) is 0 Å².